The monoisotopic (exact) mass is 227 g/mol. The molecule has 0 aliphatic rings. The van der Waals surface area contributed by atoms with Gasteiger partial charge in [-0.1, -0.05) is 38.0 Å². The van der Waals surface area contributed by atoms with Crippen molar-refractivity contribution in [3.8, 4) is 0 Å². The Bertz CT molecular complexity index is 373. The second-order valence-electron chi connectivity index (χ2n) is 3.49. The van der Waals surface area contributed by atoms with Crippen molar-refractivity contribution >= 4 is 15.7 Å². The predicted molar refractivity (Wildman–Crippen MR) is 63.4 cm³/mol. The van der Waals surface area contributed by atoms with E-state index in [4.69, 9.17) is 0 Å². The van der Waals surface area contributed by atoms with Crippen molar-refractivity contribution in [3.05, 3.63) is 30.3 Å². The minimum absolute atomic E-state index is 0.204. The van der Waals surface area contributed by atoms with Gasteiger partial charge in [-0.3, -0.25) is 4.72 Å². The molecule has 0 atom stereocenters. The van der Waals surface area contributed by atoms with Gasteiger partial charge < -0.3 is 0 Å². The number of benzene rings is 1. The Morgan fingerprint density at radius 3 is 2.40 bits per heavy atom. The average molecular weight is 227 g/mol. The number of sulfonamides is 1. The first-order chi connectivity index (χ1) is 7.14. The molecular weight excluding hydrogens is 210 g/mol. The van der Waals surface area contributed by atoms with Crippen molar-refractivity contribution in [2.45, 2.75) is 26.2 Å². The van der Waals surface area contributed by atoms with Gasteiger partial charge in [0.15, 0.2) is 0 Å². The van der Waals surface area contributed by atoms with Crippen LogP contribution in [-0.2, 0) is 10.0 Å². The van der Waals surface area contributed by atoms with E-state index in [9.17, 15) is 8.42 Å². The second kappa shape index (κ2) is 5.75. The largest absolute Gasteiger partial charge is 0.284 e. The van der Waals surface area contributed by atoms with Crippen LogP contribution >= 0.6 is 0 Å². The SMILES string of the molecule is CCCCCS(=O)(=O)Nc1ccccc1. The lowest BCUT2D eigenvalue weighted by Crippen LogP contribution is -2.16. The molecule has 1 N–H and O–H groups in total. The Balaban J connectivity index is 2.50. The molecule has 0 spiro atoms. The summed E-state index contributed by atoms with van der Waals surface area (Å²) in [6.07, 6.45) is 2.70. The van der Waals surface area contributed by atoms with Gasteiger partial charge in [-0.2, -0.15) is 0 Å². The molecule has 0 fully saturated rings. The van der Waals surface area contributed by atoms with Crippen LogP contribution in [0.4, 0.5) is 5.69 Å². The molecule has 1 aromatic rings. The minimum atomic E-state index is -3.16. The first kappa shape index (κ1) is 12.0. The minimum Gasteiger partial charge on any atom is -0.284 e. The van der Waals surface area contributed by atoms with E-state index in [0.717, 1.165) is 19.3 Å². The van der Waals surface area contributed by atoms with Crippen LogP contribution in [-0.4, -0.2) is 14.2 Å². The summed E-state index contributed by atoms with van der Waals surface area (Å²) in [7, 11) is -3.16. The Kier molecular flexibility index (Phi) is 4.62. The summed E-state index contributed by atoms with van der Waals surface area (Å²) in [5.74, 6) is 0.204. The Labute approximate surface area is 91.6 Å². The van der Waals surface area contributed by atoms with Gasteiger partial charge >= 0.3 is 0 Å². The van der Waals surface area contributed by atoms with Crippen molar-refractivity contribution in [1.29, 1.82) is 0 Å². The standard InChI is InChI=1S/C11H17NO2S/c1-2-3-7-10-15(13,14)12-11-8-5-4-6-9-11/h4-6,8-9,12H,2-3,7,10H2,1H3. The van der Waals surface area contributed by atoms with Crippen LogP contribution < -0.4 is 4.72 Å². The molecule has 0 radical (unpaired) electrons. The number of anilines is 1. The van der Waals surface area contributed by atoms with Gasteiger partial charge in [0.2, 0.25) is 10.0 Å². The summed E-state index contributed by atoms with van der Waals surface area (Å²) in [5, 5.41) is 0. The van der Waals surface area contributed by atoms with Gasteiger partial charge in [0.25, 0.3) is 0 Å². The number of unbranched alkanes of at least 4 members (excludes halogenated alkanes) is 2. The van der Waals surface area contributed by atoms with Gasteiger partial charge in [-0.15, -0.1) is 0 Å². The molecule has 0 aliphatic heterocycles. The molecule has 3 nitrogen and oxygen atoms in total. The average Bonchev–Trinajstić information content (AvgIpc) is 2.18. The first-order valence-corrected chi connectivity index (χ1v) is 6.85. The maximum atomic E-state index is 11.6. The third-order valence-electron chi connectivity index (χ3n) is 2.06. The van der Waals surface area contributed by atoms with Crippen LogP contribution in [0.15, 0.2) is 30.3 Å². The van der Waals surface area contributed by atoms with Crippen LogP contribution in [0.1, 0.15) is 26.2 Å². The third-order valence-corrected chi connectivity index (χ3v) is 3.44. The highest BCUT2D eigenvalue weighted by Crippen LogP contribution is 2.09. The Hall–Kier alpha value is -1.03. The highest BCUT2D eigenvalue weighted by molar-refractivity contribution is 7.92. The highest BCUT2D eigenvalue weighted by atomic mass is 32.2. The quantitative estimate of drug-likeness (QED) is 0.759. The molecule has 0 amide bonds. The summed E-state index contributed by atoms with van der Waals surface area (Å²) < 4.78 is 25.7. The van der Waals surface area contributed by atoms with E-state index in [-0.39, 0.29) is 5.75 Å². The summed E-state index contributed by atoms with van der Waals surface area (Å²) >= 11 is 0. The van der Waals surface area contributed by atoms with Crippen molar-refractivity contribution in [1.82, 2.24) is 0 Å². The summed E-state index contributed by atoms with van der Waals surface area (Å²) in [6, 6.07) is 8.97. The number of hydrogen-bond acceptors (Lipinski definition) is 2. The number of rotatable bonds is 6. The number of para-hydroxylation sites is 1. The van der Waals surface area contributed by atoms with Gasteiger partial charge in [0.05, 0.1) is 5.75 Å². The highest BCUT2D eigenvalue weighted by Gasteiger charge is 2.08. The van der Waals surface area contributed by atoms with Crippen molar-refractivity contribution in [3.63, 3.8) is 0 Å². The lowest BCUT2D eigenvalue weighted by molar-refractivity contribution is 0.596. The zero-order chi connectivity index (χ0) is 11.1. The van der Waals surface area contributed by atoms with Gasteiger partial charge in [-0.25, -0.2) is 8.42 Å². The molecule has 0 saturated carbocycles. The fraction of sp³-hybridized carbons (Fsp3) is 0.455. The normalized spacial score (nSPS) is 11.3. The summed E-state index contributed by atoms with van der Waals surface area (Å²) in [4.78, 5) is 0. The van der Waals surface area contributed by atoms with E-state index in [1.165, 1.54) is 0 Å². The molecular formula is C11H17NO2S. The third kappa shape index (κ3) is 4.83. The topological polar surface area (TPSA) is 46.2 Å². The molecule has 1 rings (SSSR count). The zero-order valence-electron chi connectivity index (χ0n) is 8.94. The van der Waals surface area contributed by atoms with E-state index >= 15 is 0 Å². The summed E-state index contributed by atoms with van der Waals surface area (Å²) in [6.45, 7) is 2.05. The molecule has 84 valence electrons. The lowest BCUT2D eigenvalue weighted by Gasteiger charge is -2.06. The molecule has 0 aromatic heterocycles. The molecule has 0 heterocycles. The number of nitrogens with one attached hydrogen (secondary N) is 1. The zero-order valence-corrected chi connectivity index (χ0v) is 9.76. The van der Waals surface area contributed by atoms with Gasteiger partial charge in [-0.05, 0) is 18.6 Å². The Morgan fingerprint density at radius 1 is 1.13 bits per heavy atom. The molecule has 0 aliphatic carbocycles. The van der Waals surface area contributed by atoms with E-state index in [1.54, 1.807) is 12.1 Å². The predicted octanol–water partition coefficient (Wildman–Crippen LogP) is 2.62. The van der Waals surface area contributed by atoms with Crippen LogP contribution in [0.25, 0.3) is 0 Å². The van der Waals surface area contributed by atoms with Gasteiger partial charge in [0.1, 0.15) is 0 Å². The maximum absolute atomic E-state index is 11.6. The van der Waals surface area contributed by atoms with E-state index in [0.29, 0.717) is 5.69 Å². The van der Waals surface area contributed by atoms with Gasteiger partial charge in [0, 0.05) is 5.69 Å². The molecule has 15 heavy (non-hydrogen) atoms. The summed E-state index contributed by atoms with van der Waals surface area (Å²) in [5.41, 5.74) is 0.633. The molecule has 0 unspecified atom stereocenters. The van der Waals surface area contributed by atoms with Crippen molar-refractivity contribution in [2.75, 3.05) is 10.5 Å². The Morgan fingerprint density at radius 2 is 1.80 bits per heavy atom. The van der Waals surface area contributed by atoms with Crippen LogP contribution in [0.5, 0.6) is 0 Å². The van der Waals surface area contributed by atoms with Crippen LogP contribution in [0.2, 0.25) is 0 Å². The van der Waals surface area contributed by atoms with E-state index in [1.807, 2.05) is 18.2 Å². The lowest BCUT2D eigenvalue weighted by atomic mass is 10.3. The van der Waals surface area contributed by atoms with Crippen molar-refractivity contribution in [2.24, 2.45) is 0 Å². The molecule has 1 aromatic carbocycles. The molecule has 4 heteroatoms. The van der Waals surface area contributed by atoms with Crippen molar-refractivity contribution < 1.29 is 8.42 Å². The first-order valence-electron chi connectivity index (χ1n) is 5.19. The number of hydrogen-bond donors (Lipinski definition) is 1. The van der Waals surface area contributed by atoms with Crippen LogP contribution in [0, 0.1) is 0 Å². The fourth-order valence-electron chi connectivity index (χ4n) is 1.28. The maximum Gasteiger partial charge on any atom is 0.232 e. The molecule has 0 saturated heterocycles. The second-order valence-corrected chi connectivity index (χ2v) is 5.34. The fourth-order valence-corrected chi connectivity index (χ4v) is 2.46. The van der Waals surface area contributed by atoms with E-state index < -0.39 is 10.0 Å². The van der Waals surface area contributed by atoms with Crippen LogP contribution in [0.3, 0.4) is 0 Å². The van der Waals surface area contributed by atoms with E-state index in [2.05, 4.69) is 11.6 Å². The smallest absolute Gasteiger partial charge is 0.232 e. The molecule has 0 bridgehead atoms.